The quantitative estimate of drug-likeness (QED) is 0.504. The molecule has 2 aliphatic heterocycles. The van der Waals surface area contributed by atoms with Crippen LogP contribution in [0.5, 0.6) is 0 Å². The van der Waals surface area contributed by atoms with E-state index in [-0.39, 0.29) is 18.1 Å². The summed E-state index contributed by atoms with van der Waals surface area (Å²) < 4.78 is 3.30. The van der Waals surface area contributed by atoms with E-state index in [9.17, 15) is 9.90 Å². The van der Waals surface area contributed by atoms with Gasteiger partial charge in [0.15, 0.2) is 0 Å². The molecule has 3 atom stereocenters. The molecule has 3 aliphatic rings. The van der Waals surface area contributed by atoms with Crippen molar-refractivity contribution in [1.29, 1.82) is 0 Å². The second-order valence-electron chi connectivity index (χ2n) is 10.4. The summed E-state index contributed by atoms with van der Waals surface area (Å²) in [5.41, 5.74) is 3.04. The molecule has 1 saturated carbocycles. The Morgan fingerprint density at radius 2 is 1.78 bits per heavy atom. The highest BCUT2D eigenvalue weighted by atomic mass is 79.9. The number of nitrogens with zero attached hydrogens (tertiary/aromatic N) is 4. The lowest BCUT2D eigenvalue weighted by molar-refractivity contribution is -0.134. The van der Waals surface area contributed by atoms with Gasteiger partial charge in [-0.1, -0.05) is 65.2 Å². The van der Waals surface area contributed by atoms with Crippen molar-refractivity contribution >= 4 is 21.8 Å². The third-order valence-electron chi connectivity index (χ3n) is 8.52. The van der Waals surface area contributed by atoms with E-state index in [2.05, 4.69) is 85.1 Å². The molecule has 0 radical (unpaired) electrons. The molecule has 6 nitrogen and oxygen atoms in total. The Hall–Kier alpha value is -2.48. The van der Waals surface area contributed by atoms with Gasteiger partial charge in [0.2, 0.25) is 5.91 Å². The van der Waals surface area contributed by atoms with E-state index >= 15 is 0 Å². The summed E-state index contributed by atoms with van der Waals surface area (Å²) >= 11 is 3.58. The largest absolute Gasteiger partial charge is 0.391 e. The van der Waals surface area contributed by atoms with Crippen LogP contribution in [0.25, 0.3) is 11.4 Å². The molecule has 0 bridgehead atoms. The van der Waals surface area contributed by atoms with Gasteiger partial charge in [-0.3, -0.25) is 9.69 Å². The van der Waals surface area contributed by atoms with Crippen LogP contribution in [0.2, 0.25) is 0 Å². The van der Waals surface area contributed by atoms with Gasteiger partial charge in [0.25, 0.3) is 0 Å². The fourth-order valence-electron chi connectivity index (χ4n) is 6.67. The second-order valence-corrected chi connectivity index (χ2v) is 11.3. The maximum atomic E-state index is 13.5. The van der Waals surface area contributed by atoms with Gasteiger partial charge in [0.05, 0.1) is 11.6 Å². The number of rotatable bonds is 5. The highest BCUT2D eigenvalue weighted by molar-refractivity contribution is 9.10. The van der Waals surface area contributed by atoms with Crippen LogP contribution in [-0.4, -0.2) is 68.7 Å². The Morgan fingerprint density at radius 3 is 2.56 bits per heavy atom. The van der Waals surface area contributed by atoms with Crippen LogP contribution >= 0.6 is 15.9 Å². The molecular weight excluding hydrogens is 516 g/mol. The van der Waals surface area contributed by atoms with Crippen molar-refractivity contribution in [3.8, 4) is 11.4 Å². The fourth-order valence-corrected chi connectivity index (χ4v) is 6.93. The van der Waals surface area contributed by atoms with Crippen LogP contribution in [0.1, 0.15) is 49.7 Å². The Balaban J connectivity index is 1.23. The standard InChI is InChI=1S/C29H33BrN4O2/c30-22-11-9-21(10-12-22)29(24-6-2-1-5-23(24)28-31-15-16-34(28)29)14-13-27(36)33-19-17-32(18-20-33)25-7-3-4-8-26(25)35/h1-2,5-6,9-12,15-16,25-26,35H,3-4,7-8,13-14,17-20H2. The first-order valence-electron chi connectivity index (χ1n) is 13.2. The molecule has 1 saturated heterocycles. The first kappa shape index (κ1) is 23.9. The zero-order valence-corrected chi connectivity index (χ0v) is 22.1. The van der Waals surface area contributed by atoms with E-state index in [0.717, 1.165) is 61.3 Å². The lowest BCUT2D eigenvalue weighted by Crippen LogP contribution is -2.55. The second kappa shape index (κ2) is 9.77. The lowest BCUT2D eigenvalue weighted by atomic mass is 9.79. The number of aromatic nitrogens is 2. The average molecular weight is 550 g/mol. The minimum Gasteiger partial charge on any atom is -0.391 e. The number of piperazine rings is 1. The third kappa shape index (κ3) is 4.01. The molecule has 3 aromatic rings. The van der Waals surface area contributed by atoms with Gasteiger partial charge in [0, 0.05) is 61.1 Å². The average Bonchev–Trinajstić information content (AvgIpc) is 3.50. The summed E-state index contributed by atoms with van der Waals surface area (Å²) in [5.74, 6) is 1.17. The van der Waals surface area contributed by atoms with Crippen LogP contribution in [0.4, 0.5) is 0 Å². The van der Waals surface area contributed by atoms with Gasteiger partial charge < -0.3 is 14.6 Å². The van der Waals surface area contributed by atoms with Gasteiger partial charge in [-0.05, 0) is 42.5 Å². The SMILES string of the molecule is O=C(CCC1(c2ccc(Br)cc2)c2ccccc2-c2nccn21)N1CCN(C2CCCCC2O)CC1. The molecule has 188 valence electrons. The predicted octanol–water partition coefficient (Wildman–Crippen LogP) is 4.65. The van der Waals surface area contributed by atoms with Crippen molar-refractivity contribution in [3.05, 3.63) is 76.5 Å². The minimum absolute atomic E-state index is 0.210. The van der Waals surface area contributed by atoms with Crippen molar-refractivity contribution in [2.75, 3.05) is 26.2 Å². The van der Waals surface area contributed by atoms with Gasteiger partial charge in [0.1, 0.15) is 5.82 Å². The number of hydrogen-bond acceptors (Lipinski definition) is 4. The number of aliphatic hydroxyl groups is 1. The summed E-state index contributed by atoms with van der Waals surface area (Å²) in [7, 11) is 0. The van der Waals surface area contributed by atoms with Crippen LogP contribution in [0, 0.1) is 0 Å². The van der Waals surface area contributed by atoms with Gasteiger partial charge >= 0.3 is 0 Å². The molecule has 6 rings (SSSR count). The molecule has 1 aliphatic carbocycles. The van der Waals surface area contributed by atoms with E-state index in [1.807, 2.05) is 11.1 Å². The van der Waals surface area contributed by atoms with Gasteiger partial charge in [-0.2, -0.15) is 0 Å². The molecular formula is C29H33BrN4O2. The number of carbonyl (C=O) groups excluding carboxylic acids is 1. The van der Waals surface area contributed by atoms with E-state index in [1.165, 1.54) is 17.5 Å². The lowest BCUT2D eigenvalue weighted by Gasteiger charge is -2.43. The van der Waals surface area contributed by atoms with E-state index in [1.54, 1.807) is 0 Å². The highest BCUT2D eigenvalue weighted by Crippen LogP contribution is 2.49. The Bertz CT molecular complexity index is 1230. The maximum Gasteiger partial charge on any atom is 0.222 e. The summed E-state index contributed by atoms with van der Waals surface area (Å²) in [4.78, 5) is 22.6. The van der Waals surface area contributed by atoms with Crippen LogP contribution < -0.4 is 0 Å². The predicted molar refractivity (Wildman–Crippen MR) is 144 cm³/mol. The van der Waals surface area contributed by atoms with Crippen molar-refractivity contribution in [1.82, 2.24) is 19.4 Å². The number of carbonyl (C=O) groups is 1. The van der Waals surface area contributed by atoms with Crippen molar-refractivity contribution in [2.24, 2.45) is 0 Å². The Labute approximate surface area is 221 Å². The highest BCUT2D eigenvalue weighted by Gasteiger charge is 2.45. The molecule has 2 fully saturated rings. The smallest absolute Gasteiger partial charge is 0.222 e. The monoisotopic (exact) mass is 548 g/mol. The molecule has 1 N–H and O–H groups in total. The third-order valence-corrected chi connectivity index (χ3v) is 9.05. The number of halogens is 1. The first-order valence-corrected chi connectivity index (χ1v) is 14.0. The van der Waals surface area contributed by atoms with E-state index < -0.39 is 5.54 Å². The van der Waals surface area contributed by atoms with E-state index in [4.69, 9.17) is 0 Å². The number of imidazole rings is 1. The zero-order valence-electron chi connectivity index (χ0n) is 20.5. The van der Waals surface area contributed by atoms with Crippen LogP contribution in [-0.2, 0) is 10.3 Å². The number of hydrogen-bond donors (Lipinski definition) is 1. The topological polar surface area (TPSA) is 61.6 Å². The van der Waals surface area contributed by atoms with Crippen LogP contribution in [0.3, 0.4) is 0 Å². The first-order chi connectivity index (χ1) is 17.6. The number of benzene rings is 2. The molecule has 3 heterocycles. The number of fused-ring (bicyclic) bond motifs is 3. The molecule has 0 spiro atoms. The fraction of sp³-hybridized carbons (Fsp3) is 0.448. The molecule has 3 unspecified atom stereocenters. The maximum absolute atomic E-state index is 13.5. The van der Waals surface area contributed by atoms with Gasteiger partial charge in [-0.25, -0.2) is 4.98 Å². The summed E-state index contributed by atoms with van der Waals surface area (Å²) in [6, 6.07) is 17.2. The van der Waals surface area contributed by atoms with Crippen LogP contribution in [0.15, 0.2) is 65.4 Å². The minimum atomic E-state index is -0.465. The van der Waals surface area contributed by atoms with Crippen molar-refractivity contribution < 1.29 is 9.90 Å². The summed E-state index contributed by atoms with van der Waals surface area (Å²) in [6.45, 7) is 3.17. The molecule has 36 heavy (non-hydrogen) atoms. The summed E-state index contributed by atoms with van der Waals surface area (Å²) in [5, 5.41) is 10.5. The van der Waals surface area contributed by atoms with Crippen molar-refractivity contribution in [3.63, 3.8) is 0 Å². The Kier molecular flexibility index (Phi) is 6.48. The molecule has 7 heteroatoms. The Morgan fingerprint density at radius 1 is 1.03 bits per heavy atom. The van der Waals surface area contributed by atoms with E-state index in [0.29, 0.717) is 12.8 Å². The molecule has 2 aromatic carbocycles. The number of aliphatic hydroxyl groups excluding tert-OH is 1. The number of amides is 1. The summed E-state index contributed by atoms with van der Waals surface area (Å²) in [6.07, 6.45) is 9.11. The molecule has 1 amide bonds. The molecule has 1 aromatic heterocycles. The normalized spacial score (nSPS) is 26.0. The van der Waals surface area contributed by atoms with Gasteiger partial charge in [-0.15, -0.1) is 0 Å². The zero-order chi connectivity index (χ0) is 24.7. The van der Waals surface area contributed by atoms with Crippen molar-refractivity contribution in [2.45, 2.75) is 56.2 Å².